The highest BCUT2D eigenvalue weighted by Gasteiger charge is 2.42. The van der Waals surface area contributed by atoms with Gasteiger partial charge in [0.05, 0.1) is 17.3 Å². The predicted molar refractivity (Wildman–Crippen MR) is 122 cm³/mol. The van der Waals surface area contributed by atoms with Gasteiger partial charge in [0, 0.05) is 44.6 Å². The summed E-state index contributed by atoms with van der Waals surface area (Å²) in [5.74, 6) is 3.59. The topological polar surface area (TPSA) is 80.5 Å². The maximum absolute atomic E-state index is 12.9. The predicted octanol–water partition coefficient (Wildman–Crippen LogP) is 2.11. The Bertz CT molecular complexity index is 1160. The van der Waals surface area contributed by atoms with Crippen molar-refractivity contribution in [1.82, 2.24) is 14.8 Å². The molecule has 0 radical (unpaired) electrons. The largest absolute Gasteiger partial charge is 0.351 e. The third-order valence-electron chi connectivity index (χ3n) is 7.65. The summed E-state index contributed by atoms with van der Waals surface area (Å²) in [6, 6.07) is 2.53. The number of amides is 2. The van der Waals surface area contributed by atoms with Gasteiger partial charge in [-0.05, 0) is 61.1 Å². The number of pyridine rings is 1. The van der Waals surface area contributed by atoms with Crippen LogP contribution in [0.5, 0.6) is 0 Å². The van der Waals surface area contributed by atoms with E-state index in [1.165, 1.54) is 5.57 Å². The molecule has 1 atom stereocenters. The van der Waals surface area contributed by atoms with Gasteiger partial charge in [-0.15, -0.1) is 6.42 Å². The van der Waals surface area contributed by atoms with Crippen LogP contribution in [0.2, 0.25) is 0 Å². The minimum atomic E-state index is -0.304. The fourth-order valence-electron chi connectivity index (χ4n) is 5.40. The monoisotopic (exact) mass is 441 g/mol. The lowest BCUT2D eigenvalue weighted by molar-refractivity contribution is -0.134. The van der Waals surface area contributed by atoms with Crippen LogP contribution < -0.4 is 4.90 Å². The molecule has 168 valence electrons. The minimum absolute atomic E-state index is 0.0874. The zero-order chi connectivity index (χ0) is 22.7. The first kappa shape index (κ1) is 20.3. The molecule has 0 N–H and O–H groups in total. The highest BCUT2D eigenvalue weighted by Crippen LogP contribution is 2.45. The van der Waals surface area contributed by atoms with E-state index in [0.29, 0.717) is 56.5 Å². The summed E-state index contributed by atoms with van der Waals surface area (Å²) < 4.78 is 0. The molecule has 0 bridgehead atoms. The van der Waals surface area contributed by atoms with Crippen LogP contribution in [0.1, 0.15) is 60.4 Å². The van der Waals surface area contributed by atoms with Gasteiger partial charge in [-0.1, -0.05) is 6.08 Å². The first-order valence-electron chi connectivity index (χ1n) is 12.0. The smallest absolute Gasteiger partial charge is 0.298 e. The lowest BCUT2D eigenvalue weighted by Gasteiger charge is -2.42. The molecule has 0 unspecified atom stereocenters. The average Bonchev–Trinajstić information content (AvgIpc) is 3.70. The fourth-order valence-corrected chi connectivity index (χ4v) is 5.40. The molecule has 1 aromatic heterocycles. The van der Waals surface area contributed by atoms with Crippen LogP contribution in [0.15, 0.2) is 11.6 Å². The highest BCUT2D eigenvalue weighted by atomic mass is 16.2. The molecule has 5 aliphatic rings. The molecule has 33 heavy (non-hydrogen) atoms. The van der Waals surface area contributed by atoms with Gasteiger partial charge in [0.15, 0.2) is 0 Å². The molecule has 1 saturated heterocycles. The van der Waals surface area contributed by atoms with Gasteiger partial charge in [-0.3, -0.25) is 9.59 Å². The van der Waals surface area contributed by atoms with Gasteiger partial charge in [0.25, 0.3) is 5.91 Å². The number of piperazine rings is 1. The Kier molecular flexibility index (Phi) is 4.69. The quantitative estimate of drug-likeness (QED) is 0.528. The van der Waals surface area contributed by atoms with Crippen molar-refractivity contribution < 1.29 is 9.59 Å². The molecule has 0 aromatic carbocycles. The van der Waals surface area contributed by atoms with E-state index in [1.807, 2.05) is 0 Å². The molecule has 7 heteroatoms. The van der Waals surface area contributed by atoms with E-state index in [2.05, 4.69) is 27.9 Å². The number of rotatable bonds is 4. The summed E-state index contributed by atoms with van der Waals surface area (Å²) in [5.41, 5.74) is 5.05. The van der Waals surface area contributed by atoms with E-state index in [1.54, 1.807) is 4.90 Å². The number of fused-ring (bicyclic) bond motifs is 1. The molecule has 6 rings (SSSR count). The number of carbonyl (C=O) groups excluding carboxylic acids is 2. The van der Waals surface area contributed by atoms with E-state index in [-0.39, 0.29) is 17.9 Å². The number of nitrogens with zero attached hydrogens (tertiary/aromatic N) is 5. The van der Waals surface area contributed by atoms with Crippen molar-refractivity contribution in [2.45, 2.75) is 57.0 Å². The SMILES string of the molecule is C#CC(=O)N1CCc2c(C#N)c(N3CCN(C(=O)C4CC4)[C@H](C4=CC4)C3)nc(C3CC3)c2C1. The summed E-state index contributed by atoms with van der Waals surface area (Å²) >= 11 is 0. The Morgan fingerprint density at radius 2 is 1.91 bits per heavy atom. The van der Waals surface area contributed by atoms with Gasteiger partial charge in [0.1, 0.15) is 11.9 Å². The fraction of sp³-hybridized carbons (Fsp3) is 0.538. The van der Waals surface area contributed by atoms with Crippen molar-refractivity contribution in [3.05, 3.63) is 34.0 Å². The summed E-state index contributed by atoms with van der Waals surface area (Å²) in [4.78, 5) is 36.1. The molecule has 7 nitrogen and oxygen atoms in total. The second-order valence-electron chi connectivity index (χ2n) is 9.91. The Morgan fingerprint density at radius 1 is 1.12 bits per heavy atom. The number of hydrogen-bond acceptors (Lipinski definition) is 5. The van der Waals surface area contributed by atoms with Crippen LogP contribution in [0, 0.1) is 29.6 Å². The van der Waals surface area contributed by atoms with Crippen molar-refractivity contribution in [1.29, 1.82) is 5.26 Å². The Labute approximate surface area is 194 Å². The Balaban J connectivity index is 1.35. The van der Waals surface area contributed by atoms with Crippen LogP contribution in [-0.2, 0) is 22.6 Å². The summed E-state index contributed by atoms with van der Waals surface area (Å²) in [7, 11) is 0. The zero-order valence-electron chi connectivity index (χ0n) is 18.7. The number of terminal acetylenes is 1. The average molecular weight is 442 g/mol. The van der Waals surface area contributed by atoms with E-state index in [4.69, 9.17) is 11.4 Å². The lowest BCUT2D eigenvalue weighted by atomic mass is 9.92. The number of aromatic nitrogens is 1. The van der Waals surface area contributed by atoms with Gasteiger partial charge in [-0.2, -0.15) is 5.26 Å². The lowest BCUT2D eigenvalue weighted by Crippen LogP contribution is -2.56. The zero-order valence-corrected chi connectivity index (χ0v) is 18.7. The van der Waals surface area contributed by atoms with Crippen LogP contribution in [0.3, 0.4) is 0 Å². The van der Waals surface area contributed by atoms with Crippen molar-refractivity contribution in [3.8, 4) is 18.4 Å². The van der Waals surface area contributed by atoms with Crippen LogP contribution in [0.25, 0.3) is 0 Å². The van der Waals surface area contributed by atoms with Crippen LogP contribution >= 0.6 is 0 Å². The van der Waals surface area contributed by atoms with Crippen molar-refractivity contribution in [3.63, 3.8) is 0 Å². The minimum Gasteiger partial charge on any atom is -0.351 e. The van der Waals surface area contributed by atoms with Crippen molar-refractivity contribution in [2.24, 2.45) is 5.92 Å². The normalized spacial score (nSPS) is 23.9. The summed E-state index contributed by atoms with van der Waals surface area (Å²) in [6.07, 6.45) is 13.4. The molecular formula is C26H27N5O2. The number of anilines is 1. The molecular weight excluding hydrogens is 414 g/mol. The van der Waals surface area contributed by atoms with Crippen molar-refractivity contribution >= 4 is 17.6 Å². The van der Waals surface area contributed by atoms with Crippen molar-refractivity contribution in [2.75, 3.05) is 31.1 Å². The second-order valence-corrected chi connectivity index (χ2v) is 9.91. The van der Waals surface area contributed by atoms with E-state index >= 15 is 0 Å². The standard InChI is InChI=1S/C26H27N5O2/c1-2-23(32)29-10-9-19-20(13-27)25(28-24(17-5-6-17)21(19)14-29)30-11-12-31(26(33)18-7-8-18)22(15-30)16-3-4-16/h1,3,17-18,22H,4-12,14-15H2/t22-/m0/s1. The molecule has 3 aliphatic carbocycles. The second kappa shape index (κ2) is 7.63. The molecule has 2 amide bonds. The third-order valence-corrected chi connectivity index (χ3v) is 7.65. The first-order chi connectivity index (χ1) is 16.1. The Hall–Kier alpha value is -3.32. The van der Waals surface area contributed by atoms with E-state index in [9.17, 15) is 14.9 Å². The van der Waals surface area contributed by atoms with Crippen LogP contribution in [0.4, 0.5) is 5.82 Å². The van der Waals surface area contributed by atoms with E-state index in [0.717, 1.165) is 54.7 Å². The third kappa shape index (κ3) is 3.56. The Morgan fingerprint density at radius 3 is 2.55 bits per heavy atom. The van der Waals surface area contributed by atoms with Crippen LogP contribution in [-0.4, -0.2) is 58.8 Å². The molecule has 0 spiro atoms. The molecule has 2 aliphatic heterocycles. The molecule has 3 heterocycles. The number of hydrogen-bond donors (Lipinski definition) is 0. The van der Waals surface area contributed by atoms with Gasteiger partial charge in [0.2, 0.25) is 5.91 Å². The first-order valence-corrected chi connectivity index (χ1v) is 12.0. The summed E-state index contributed by atoms with van der Waals surface area (Å²) in [6.45, 7) is 3.01. The van der Waals surface area contributed by atoms with Gasteiger partial charge < -0.3 is 14.7 Å². The molecule has 2 saturated carbocycles. The molecule has 3 fully saturated rings. The van der Waals surface area contributed by atoms with Gasteiger partial charge >= 0.3 is 0 Å². The maximum atomic E-state index is 12.9. The maximum Gasteiger partial charge on any atom is 0.298 e. The summed E-state index contributed by atoms with van der Waals surface area (Å²) in [5, 5.41) is 10.2. The molecule has 1 aromatic rings. The highest BCUT2D eigenvalue weighted by molar-refractivity contribution is 5.93. The number of carbonyl (C=O) groups is 2. The number of nitriles is 1. The van der Waals surface area contributed by atoms with E-state index < -0.39 is 0 Å². The van der Waals surface area contributed by atoms with Gasteiger partial charge in [-0.25, -0.2) is 4.98 Å². The number of allylic oxidation sites excluding steroid dienone is 1.